The highest BCUT2D eigenvalue weighted by atomic mass is 19.1. The number of ether oxygens (including phenoxy) is 1. The van der Waals surface area contributed by atoms with Crippen LogP contribution >= 0.6 is 0 Å². The molecule has 1 aromatic rings. The molecule has 2 rings (SSSR count). The van der Waals surface area contributed by atoms with Crippen LogP contribution in [0.2, 0.25) is 0 Å². The summed E-state index contributed by atoms with van der Waals surface area (Å²) in [5.74, 6) is -0.997. The fourth-order valence-corrected chi connectivity index (χ4v) is 2.71. The summed E-state index contributed by atoms with van der Waals surface area (Å²) in [6, 6.07) is 4.21. The first kappa shape index (κ1) is 15.5. The molecule has 0 aromatic heterocycles. The predicted molar refractivity (Wildman–Crippen MR) is 78.0 cm³/mol. The van der Waals surface area contributed by atoms with E-state index in [4.69, 9.17) is 4.74 Å². The van der Waals surface area contributed by atoms with Crippen molar-refractivity contribution < 1.29 is 18.7 Å². The summed E-state index contributed by atoms with van der Waals surface area (Å²) >= 11 is 0. The molecule has 21 heavy (non-hydrogen) atoms. The van der Waals surface area contributed by atoms with Crippen LogP contribution < -0.4 is 4.90 Å². The van der Waals surface area contributed by atoms with Gasteiger partial charge < -0.3 is 9.64 Å². The lowest BCUT2D eigenvalue weighted by atomic mass is 9.96. The largest absolute Gasteiger partial charge is 0.466 e. The van der Waals surface area contributed by atoms with E-state index in [1.54, 1.807) is 13.0 Å². The summed E-state index contributed by atoms with van der Waals surface area (Å²) < 4.78 is 18.4. The molecule has 1 aliphatic heterocycles. The summed E-state index contributed by atoms with van der Waals surface area (Å²) in [4.78, 5) is 25.5. The summed E-state index contributed by atoms with van der Waals surface area (Å²) in [6.07, 6.45) is 1.63. The van der Waals surface area contributed by atoms with Gasteiger partial charge in [-0.3, -0.25) is 9.59 Å². The van der Waals surface area contributed by atoms with Crippen molar-refractivity contribution in [3.63, 3.8) is 0 Å². The van der Waals surface area contributed by atoms with Gasteiger partial charge in [-0.2, -0.15) is 0 Å². The number of benzene rings is 1. The highest BCUT2D eigenvalue weighted by Gasteiger charge is 2.28. The average molecular weight is 293 g/mol. The predicted octanol–water partition coefficient (Wildman–Crippen LogP) is 2.81. The van der Waals surface area contributed by atoms with Crippen molar-refractivity contribution in [2.24, 2.45) is 5.92 Å². The van der Waals surface area contributed by atoms with Gasteiger partial charge in [0.25, 0.3) is 0 Å². The first-order chi connectivity index (χ1) is 10.0. The van der Waals surface area contributed by atoms with Crippen LogP contribution in [0.4, 0.5) is 10.1 Å². The molecule has 0 aliphatic carbocycles. The molecule has 1 aromatic carbocycles. The summed E-state index contributed by atoms with van der Waals surface area (Å²) in [5.41, 5.74) is 1.05. The van der Waals surface area contributed by atoms with E-state index in [-0.39, 0.29) is 17.7 Å². The Bertz CT molecular complexity index is 544. The lowest BCUT2D eigenvalue weighted by molar-refractivity contribution is -0.148. The third kappa shape index (κ3) is 3.60. The number of hydrogen-bond donors (Lipinski definition) is 0. The summed E-state index contributed by atoms with van der Waals surface area (Å²) in [6.45, 7) is 4.83. The van der Waals surface area contributed by atoms with Crippen LogP contribution in [0, 0.1) is 11.7 Å². The molecule has 1 unspecified atom stereocenters. The van der Waals surface area contributed by atoms with Crippen LogP contribution in [0.15, 0.2) is 18.2 Å². The van der Waals surface area contributed by atoms with E-state index in [1.165, 1.54) is 19.1 Å². The van der Waals surface area contributed by atoms with Gasteiger partial charge in [-0.05, 0) is 44.9 Å². The van der Waals surface area contributed by atoms with Gasteiger partial charge in [0.1, 0.15) is 5.82 Å². The molecular weight excluding hydrogens is 273 g/mol. The molecule has 1 aliphatic rings. The van der Waals surface area contributed by atoms with Crippen LogP contribution in [0.5, 0.6) is 0 Å². The first-order valence-electron chi connectivity index (χ1n) is 7.25. The maximum absolute atomic E-state index is 13.3. The Balaban J connectivity index is 2.22. The smallest absolute Gasteiger partial charge is 0.310 e. The third-order valence-electron chi connectivity index (χ3n) is 3.72. The minimum absolute atomic E-state index is 0.178. The van der Waals surface area contributed by atoms with Crippen LogP contribution in [-0.2, 0) is 9.53 Å². The zero-order valence-corrected chi connectivity index (χ0v) is 12.4. The number of nitrogens with zero attached hydrogens (tertiary/aromatic N) is 1. The van der Waals surface area contributed by atoms with E-state index in [9.17, 15) is 14.0 Å². The van der Waals surface area contributed by atoms with Gasteiger partial charge in [0.15, 0.2) is 5.78 Å². The van der Waals surface area contributed by atoms with Crippen molar-refractivity contribution >= 4 is 17.4 Å². The SMILES string of the molecule is CCOC(=O)C1CCCN(c2ccc(F)cc2C(C)=O)C1. The lowest BCUT2D eigenvalue weighted by Gasteiger charge is -2.34. The third-order valence-corrected chi connectivity index (χ3v) is 3.72. The van der Waals surface area contributed by atoms with Gasteiger partial charge in [0.2, 0.25) is 0 Å². The molecule has 1 saturated heterocycles. The molecule has 1 fully saturated rings. The Morgan fingerprint density at radius 1 is 1.43 bits per heavy atom. The second kappa shape index (κ2) is 6.70. The molecule has 0 spiro atoms. The van der Waals surface area contributed by atoms with Gasteiger partial charge in [0.05, 0.1) is 12.5 Å². The zero-order chi connectivity index (χ0) is 15.4. The monoisotopic (exact) mass is 293 g/mol. The molecule has 1 heterocycles. The molecule has 0 N–H and O–H groups in total. The van der Waals surface area contributed by atoms with Crippen molar-refractivity contribution in [2.45, 2.75) is 26.7 Å². The molecule has 4 nitrogen and oxygen atoms in total. The molecule has 114 valence electrons. The number of anilines is 1. The maximum atomic E-state index is 13.3. The highest BCUT2D eigenvalue weighted by Crippen LogP contribution is 2.28. The van der Waals surface area contributed by atoms with Gasteiger partial charge in [-0.1, -0.05) is 0 Å². The lowest BCUT2D eigenvalue weighted by Crippen LogP contribution is -2.40. The standard InChI is InChI=1S/C16H20FNO3/c1-3-21-16(20)12-5-4-8-18(10-12)15-7-6-13(17)9-14(15)11(2)19/h6-7,9,12H,3-5,8,10H2,1-2H3. The topological polar surface area (TPSA) is 46.6 Å². The van der Waals surface area contributed by atoms with Gasteiger partial charge in [-0.15, -0.1) is 0 Å². The number of ketones is 1. The Morgan fingerprint density at radius 2 is 2.19 bits per heavy atom. The van der Waals surface area contributed by atoms with Crippen molar-refractivity contribution in [3.8, 4) is 0 Å². The van der Waals surface area contributed by atoms with Crippen LogP contribution in [0.3, 0.4) is 0 Å². The van der Waals surface area contributed by atoms with E-state index in [1.807, 2.05) is 4.90 Å². The maximum Gasteiger partial charge on any atom is 0.310 e. The van der Waals surface area contributed by atoms with E-state index in [0.717, 1.165) is 19.4 Å². The number of Topliss-reactive ketones (excluding diaryl/α,β-unsaturated/α-hetero) is 1. The Morgan fingerprint density at radius 3 is 2.86 bits per heavy atom. The highest BCUT2D eigenvalue weighted by molar-refractivity contribution is 5.99. The summed E-state index contributed by atoms with van der Waals surface area (Å²) in [5, 5.41) is 0. The summed E-state index contributed by atoms with van der Waals surface area (Å²) in [7, 11) is 0. The normalized spacial score (nSPS) is 18.4. The van der Waals surface area contributed by atoms with Crippen molar-refractivity contribution in [1.82, 2.24) is 0 Å². The number of hydrogen-bond acceptors (Lipinski definition) is 4. The average Bonchev–Trinajstić information content (AvgIpc) is 2.47. The molecule has 0 saturated carbocycles. The number of halogens is 1. The second-order valence-corrected chi connectivity index (χ2v) is 5.25. The quantitative estimate of drug-likeness (QED) is 0.632. The number of rotatable bonds is 4. The first-order valence-corrected chi connectivity index (χ1v) is 7.25. The Hall–Kier alpha value is -1.91. The minimum atomic E-state index is -0.428. The number of esters is 1. The van der Waals surface area contributed by atoms with Gasteiger partial charge in [0, 0.05) is 24.3 Å². The van der Waals surface area contributed by atoms with E-state index in [2.05, 4.69) is 0 Å². The Kier molecular flexibility index (Phi) is 4.94. The van der Waals surface area contributed by atoms with Gasteiger partial charge in [-0.25, -0.2) is 4.39 Å². The number of carbonyl (C=O) groups is 2. The molecular formula is C16H20FNO3. The van der Waals surface area contributed by atoms with E-state index < -0.39 is 5.82 Å². The van der Waals surface area contributed by atoms with Crippen molar-refractivity contribution in [3.05, 3.63) is 29.6 Å². The van der Waals surface area contributed by atoms with Crippen molar-refractivity contribution in [1.29, 1.82) is 0 Å². The minimum Gasteiger partial charge on any atom is -0.466 e. The zero-order valence-electron chi connectivity index (χ0n) is 12.4. The molecule has 5 heteroatoms. The molecule has 0 amide bonds. The van der Waals surface area contributed by atoms with E-state index in [0.29, 0.717) is 24.4 Å². The molecule has 1 atom stereocenters. The molecule has 0 radical (unpaired) electrons. The molecule has 0 bridgehead atoms. The Labute approximate surface area is 123 Å². The fourth-order valence-electron chi connectivity index (χ4n) is 2.71. The van der Waals surface area contributed by atoms with Crippen LogP contribution in [0.25, 0.3) is 0 Å². The fraction of sp³-hybridized carbons (Fsp3) is 0.500. The second-order valence-electron chi connectivity index (χ2n) is 5.25. The van der Waals surface area contributed by atoms with Gasteiger partial charge >= 0.3 is 5.97 Å². The van der Waals surface area contributed by atoms with Crippen molar-refractivity contribution in [2.75, 3.05) is 24.6 Å². The van der Waals surface area contributed by atoms with Crippen LogP contribution in [-0.4, -0.2) is 31.4 Å². The number of piperidine rings is 1. The van der Waals surface area contributed by atoms with E-state index >= 15 is 0 Å². The number of carbonyl (C=O) groups excluding carboxylic acids is 2. The van der Waals surface area contributed by atoms with Crippen LogP contribution in [0.1, 0.15) is 37.0 Å².